The van der Waals surface area contributed by atoms with Gasteiger partial charge in [-0.25, -0.2) is 4.98 Å². The molecule has 0 aliphatic carbocycles. The van der Waals surface area contributed by atoms with E-state index in [1.807, 2.05) is 18.2 Å². The van der Waals surface area contributed by atoms with E-state index < -0.39 is 0 Å². The third kappa shape index (κ3) is 2.57. The number of fused-ring (bicyclic) bond motifs is 1. The number of aromatic amines is 1. The SMILES string of the molecule is Cc1cc(C)c2nc(-c3ccc(-c4ccc(Br)cc4C)o3)[nH]c2c1. The number of nitrogens with one attached hydrogen (secondary N) is 1. The number of aryl methyl sites for hydroxylation is 3. The van der Waals surface area contributed by atoms with Crippen molar-refractivity contribution in [2.75, 3.05) is 0 Å². The predicted molar refractivity (Wildman–Crippen MR) is 101 cm³/mol. The number of benzene rings is 2. The summed E-state index contributed by atoms with van der Waals surface area (Å²) in [5.74, 6) is 2.36. The molecule has 0 saturated carbocycles. The van der Waals surface area contributed by atoms with Crippen molar-refractivity contribution in [1.29, 1.82) is 0 Å². The van der Waals surface area contributed by atoms with Crippen molar-refractivity contribution in [2.24, 2.45) is 0 Å². The van der Waals surface area contributed by atoms with Crippen LogP contribution in [0.2, 0.25) is 0 Å². The molecule has 0 aliphatic rings. The molecule has 0 aliphatic heterocycles. The van der Waals surface area contributed by atoms with Gasteiger partial charge in [0, 0.05) is 10.0 Å². The number of aromatic nitrogens is 2. The van der Waals surface area contributed by atoms with E-state index in [0.717, 1.165) is 38.4 Å². The van der Waals surface area contributed by atoms with Gasteiger partial charge in [-0.05, 0) is 73.9 Å². The van der Waals surface area contributed by atoms with Crippen LogP contribution in [0, 0.1) is 20.8 Å². The number of hydrogen-bond acceptors (Lipinski definition) is 2. The Kier molecular flexibility index (Phi) is 3.57. The Bertz CT molecular complexity index is 1060. The standard InChI is InChI=1S/C20H17BrN2O/c1-11-8-13(3)19-16(9-11)22-20(23-19)18-7-6-17(24-18)15-5-4-14(21)10-12(15)2/h4-10H,1-3H3,(H,22,23). The Morgan fingerprint density at radius 3 is 2.50 bits per heavy atom. The summed E-state index contributed by atoms with van der Waals surface area (Å²) < 4.78 is 7.14. The average molecular weight is 381 g/mol. The van der Waals surface area contributed by atoms with Gasteiger partial charge < -0.3 is 9.40 Å². The summed E-state index contributed by atoms with van der Waals surface area (Å²) in [5, 5.41) is 0. The summed E-state index contributed by atoms with van der Waals surface area (Å²) in [6.45, 7) is 6.25. The van der Waals surface area contributed by atoms with Crippen LogP contribution >= 0.6 is 15.9 Å². The van der Waals surface area contributed by atoms with Crippen LogP contribution in [0.3, 0.4) is 0 Å². The van der Waals surface area contributed by atoms with Crippen molar-refractivity contribution >= 4 is 27.0 Å². The highest BCUT2D eigenvalue weighted by Gasteiger charge is 2.13. The molecule has 0 amide bonds. The molecule has 2 aromatic carbocycles. The molecule has 2 aromatic heterocycles. The molecule has 0 radical (unpaired) electrons. The minimum absolute atomic E-state index is 0.751. The van der Waals surface area contributed by atoms with E-state index in [4.69, 9.17) is 9.40 Å². The average Bonchev–Trinajstić information content (AvgIpc) is 3.13. The van der Waals surface area contributed by atoms with Gasteiger partial charge >= 0.3 is 0 Å². The van der Waals surface area contributed by atoms with Crippen molar-refractivity contribution in [1.82, 2.24) is 9.97 Å². The number of H-pyrrole nitrogens is 1. The van der Waals surface area contributed by atoms with Crippen molar-refractivity contribution in [3.05, 3.63) is 63.6 Å². The second-order valence-corrected chi connectivity index (χ2v) is 7.10. The molecule has 0 atom stereocenters. The lowest BCUT2D eigenvalue weighted by Gasteiger charge is -2.02. The number of rotatable bonds is 2. The summed E-state index contributed by atoms with van der Waals surface area (Å²) in [4.78, 5) is 8.08. The monoisotopic (exact) mass is 380 g/mol. The fourth-order valence-electron chi connectivity index (χ4n) is 3.10. The molecule has 3 nitrogen and oxygen atoms in total. The number of halogens is 1. The van der Waals surface area contributed by atoms with Crippen molar-refractivity contribution in [3.8, 4) is 22.9 Å². The van der Waals surface area contributed by atoms with Crippen LogP contribution in [0.1, 0.15) is 16.7 Å². The number of nitrogens with zero attached hydrogens (tertiary/aromatic N) is 1. The molecular formula is C20H17BrN2O. The Balaban J connectivity index is 1.79. The van der Waals surface area contributed by atoms with E-state index in [2.05, 4.69) is 66.0 Å². The van der Waals surface area contributed by atoms with E-state index in [1.165, 1.54) is 16.7 Å². The van der Waals surface area contributed by atoms with E-state index in [9.17, 15) is 0 Å². The maximum atomic E-state index is 6.07. The molecule has 0 saturated heterocycles. The fraction of sp³-hybridized carbons (Fsp3) is 0.150. The summed E-state index contributed by atoms with van der Waals surface area (Å²) in [5.41, 5.74) is 6.69. The molecule has 24 heavy (non-hydrogen) atoms. The molecule has 4 aromatic rings. The van der Waals surface area contributed by atoms with Crippen molar-refractivity contribution in [3.63, 3.8) is 0 Å². The highest BCUT2D eigenvalue weighted by atomic mass is 79.9. The van der Waals surface area contributed by atoms with Gasteiger partial charge in [0.2, 0.25) is 0 Å². The van der Waals surface area contributed by atoms with E-state index in [0.29, 0.717) is 0 Å². The molecular weight excluding hydrogens is 364 g/mol. The molecule has 0 spiro atoms. The molecule has 120 valence electrons. The largest absolute Gasteiger partial charge is 0.453 e. The second-order valence-electron chi connectivity index (χ2n) is 6.19. The van der Waals surface area contributed by atoms with E-state index in [1.54, 1.807) is 0 Å². The van der Waals surface area contributed by atoms with Crippen LogP contribution in [-0.4, -0.2) is 9.97 Å². The van der Waals surface area contributed by atoms with Crippen LogP contribution in [0.5, 0.6) is 0 Å². The zero-order valence-electron chi connectivity index (χ0n) is 13.8. The van der Waals surface area contributed by atoms with Gasteiger partial charge in [-0.15, -0.1) is 0 Å². The van der Waals surface area contributed by atoms with Gasteiger partial charge in [-0.1, -0.05) is 22.0 Å². The van der Waals surface area contributed by atoms with Crippen LogP contribution in [0.15, 0.2) is 51.4 Å². The first-order valence-corrected chi connectivity index (χ1v) is 8.64. The number of furan rings is 1. The Morgan fingerprint density at radius 1 is 0.917 bits per heavy atom. The Labute approximate surface area is 148 Å². The van der Waals surface area contributed by atoms with Gasteiger partial charge in [0.1, 0.15) is 5.76 Å². The van der Waals surface area contributed by atoms with Crippen LogP contribution in [0.4, 0.5) is 0 Å². The molecule has 0 fully saturated rings. The lowest BCUT2D eigenvalue weighted by atomic mass is 10.1. The molecule has 4 heteroatoms. The highest BCUT2D eigenvalue weighted by Crippen LogP contribution is 2.31. The van der Waals surface area contributed by atoms with E-state index >= 15 is 0 Å². The van der Waals surface area contributed by atoms with Gasteiger partial charge in [-0.3, -0.25) is 0 Å². The fourth-order valence-corrected chi connectivity index (χ4v) is 3.58. The Morgan fingerprint density at radius 2 is 1.71 bits per heavy atom. The predicted octanol–water partition coefficient (Wildman–Crippen LogP) is 6.18. The highest BCUT2D eigenvalue weighted by molar-refractivity contribution is 9.10. The minimum Gasteiger partial charge on any atom is -0.453 e. The smallest absolute Gasteiger partial charge is 0.174 e. The van der Waals surface area contributed by atoms with Crippen LogP contribution in [0.25, 0.3) is 33.9 Å². The lowest BCUT2D eigenvalue weighted by molar-refractivity contribution is 0.593. The molecule has 1 N–H and O–H groups in total. The first-order valence-electron chi connectivity index (χ1n) is 7.85. The normalized spacial score (nSPS) is 11.3. The first kappa shape index (κ1) is 15.2. The summed E-state index contributed by atoms with van der Waals surface area (Å²) >= 11 is 3.50. The van der Waals surface area contributed by atoms with Gasteiger partial charge in [0.15, 0.2) is 11.6 Å². The summed E-state index contributed by atoms with van der Waals surface area (Å²) in [6, 6.07) is 14.4. The first-order chi connectivity index (χ1) is 11.5. The second kappa shape index (κ2) is 5.64. The quantitative estimate of drug-likeness (QED) is 0.451. The zero-order chi connectivity index (χ0) is 16.8. The Hall–Kier alpha value is -2.33. The third-order valence-corrected chi connectivity index (χ3v) is 4.71. The topological polar surface area (TPSA) is 41.8 Å². The number of imidazole rings is 1. The summed E-state index contributed by atoms with van der Waals surface area (Å²) in [6.07, 6.45) is 0. The van der Waals surface area contributed by atoms with Crippen molar-refractivity contribution in [2.45, 2.75) is 20.8 Å². The van der Waals surface area contributed by atoms with Crippen LogP contribution < -0.4 is 0 Å². The van der Waals surface area contributed by atoms with E-state index in [-0.39, 0.29) is 0 Å². The lowest BCUT2D eigenvalue weighted by Crippen LogP contribution is -1.81. The van der Waals surface area contributed by atoms with Crippen LogP contribution in [-0.2, 0) is 0 Å². The zero-order valence-corrected chi connectivity index (χ0v) is 15.4. The maximum Gasteiger partial charge on any atom is 0.174 e. The molecule has 2 heterocycles. The van der Waals surface area contributed by atoms with Gasteiger partial charge in [0.05, 0.1) is 11.0 Å². The van der Waals surface area contributed by atoms with Gasteiger partial charge in [-0.2, -0.15) is 0 Å². The minimum atomic E-state index is 0.751. The molecule has 0 unspecified atom stereocenters. The maximum absolute atomic E-state index is 6.07. The molecule has 4 rings (SSSR count). The van der Waals surface area contributed by atoms with Gasteiger partial charge in [0.25, 0.3) is 0 Å². The third-order valence-electron chi connectivity index (χ3n) is 4.21. The number of hydrogen-bond donors (Lipinski definition) is 1. The van der Waals surface area contributed by atoms with Crippen molar-refractivity contribution < 1.29 is 4.42 Å². The molecule has 0 bridgehead atoms. The summed E-state index contributed by atoms with van der Waals surface area (Å²) in [7, 11) is 0.